The molecule has 0 spiro atoms. The van der Waals surface area contributed by atoms with Crippen molar-refractivity contribution in [3.63, 3.8) is 0 Å². The van der Waals surface area contributed by atoms with Gasteiger partial charge in [-0.25, -0.2) is 4.79 Å². The molecule has 2 aromatic carbocycles. The topological polar surface area (TPSA) is 56.3 Å². The van der Waals surface area contributed by atoms with Crippen LogP contribution in [0.4, 0.5) is 17.1 Å². The molecular weight excluding hydrogens is 386 g/mol. The van der Waals surface area contributed by atoms with Crippen LogP contribution in [0.25, 0.3) is 11.0 Å². The minimum atomic E-state index is -0.000621. The van der Waals surface area contributed by atoms with Gasteiger partial charge in [-0.3, -0.25) is 4.57 Å². The molecular formula is C25H35N5O. The summed E-state index contributed by atoms with van der Waals surface area (Å²) in [6, 6.07) is 14.5. The van der Waals surface area contributed by atoms with Crippen molar-refractivity contribution >= 4 is 28.1 Å². The molecule has 2 N–H and O–H groups in total. The summed E-state index contributed by atoms with van der Waals surface area (Å²) in [5, 5.41) is 3.56. The maximum atomic E-state index is 12.8. The molecule has 6 heteroatoms. The van der Waals surface area contributed by atoms with Gasteiger partial charge in [-0.2, -0.15) is 0 Å². The Hall–Kier alpha value is -2.73. The number of nitrogens with zero attached hydrogens (tertiary/aromatic N) is 3. The third-order valence-electron chi connectivity index (χ3n) is 6.40. The quantitative estimate of drug-likeness (QED) is 0.556. The Morgan fingerprint density at radius 2 is 1.77 bits per heavy atom. The van der Waals surface area contributed by atoms with E-state index in [1.165, 1.54) is 32.1 Å². The fraction of sp³-hybridized carbons (Fsp3) is 0.480. The van der Waals surface area contributed by atoms with Gasteiger partial charge in [0, 0.05) is 32.4 Å². The smallest absolute Gasteiger partial charge is 0.326 e. The Labute approximate surface area is 184 Å². The zero-order valence-corrected chi connectivity index (χ0v) is 19.0. The summed E-state index contributed by atoms with van der Waals surface area (Å²) in [7, 11) is 6.30. The monoisotopic (exact) mass is 421 g/mol. The molecule has 0 bridgehead atoms. The third kappa shape index (κ3) is 5.13. The summed E-state index contributed by atoms with van der Waals surface area (Å²) in [6.07, 6.45) is 6.34. The number of para-hydroxylation sites is 1. The van der Waals surface area contributed by atoms with Crippen molar-refractivity contribution in [1.29, 1.82) is 0 Å². The summed E-state index contributed by atoms with van der Waals surface area (Å²) in [6.45, 7) is 2.67. The number of H-pyrrole nitrogens is 1. The van der Waals surface area contributed by atoms with Gasteiger partial charge in [-0.05, 0) is 57.1 Å². The number of likely N-dealkylation sites (N-methyl/N-ethyl adjacent to an activating group) is 2. The van der Waals surface area contributed by atoms with Crippen molar-refractivity contribution in [2.45, 2.75) is 38.6 Å². The van der Waals surface area contributed by atoms with Crippen LogP contribution >= 0.6 is 0 Å². The van der Waals surface area contributed by atoms with Crippen LogP contribution in [0.15, 0.2) is 47.3 Å². The fourth-order valence-corrected chi connectivity index (χ4v) is 4.57. The molecule has 0 unspecified atom stereocenters. The number of hydrogen-bond acceptors (Lipinski definition) is 4. The number of hydrogen-bond donors (Lipinski definition) is 2. The number of rotatable bonds is 8. The van der Waals surface area contributed by atoms with Crippen molar-refractivity contribution < 1.29 is 0 Å². The first-order valence-electron chi connectivity index (χ1n) is 11.5. The van der Waals surface area contributed by atoms with Gasteiger partial charge in [-0.1, -0.05) is 37.5 Å². The Kier molecular flexibility index (Phi) is 6.66. The zero-order valence-electron chi connectivity index (χ0n) is 19.0. The lowest BCUT2D eigenvalue weighted by Gasteiger charge is -2.25. The Bertz CT molecular complexity index is 1050. The third-order valence-corrected chi connectivity index (χ3v) is 6.40. The van der Waals surface area contributed by atoms with Crippen molar-refractivity contribution in [3.05, 3.63) is 52.9 Å². The molecule has 0 atom stereocenters. The van der Waals surface area contributed by atoms with Crippen molar-refractivity contribution in [1.82, 2.24) is 14.5 Å². The molecule has 6 nitrogen and oxygen atoms in total. The van der Waals surface area contributed by atoms with Gasteiger partial charge in [-0.15, -0.1) is 0 Å². The standard InChI is InChI=1S/C25H35N5O/c1-28(2)14-15-29(3)23-17-24-22(16-21(23)26-20-12-8-5-9-13-20)27-25(31)30(24)18-19-10-6-4-7-11-19/h5,8-9,12-13,16-17,19,26H,4,6-7,10-11,14-15,18H2,1-3H3,(H,27,31). The first-order valence-corrected chi connectivity index (χ1v) is 11.5. The Morgan fingerprint density at radius 3 is 2.48 bits per heavy atom. The second-order valence-corrected chi connectivity index (χ2v) is 9.15. The Morgan fingerprint density at radius 1 is 1.03 bits per heavy atom. The highest BCUT2D eigenvalue weighted by Crippen LogP contribution is 2.33. The summed E-state index contributed by atoms with van der Waals surface area (Å²) in [4.78, 5) is 20.4. The van der Waals surface area contributed by atoms with Crippen molar-refractivity contribution in [2.75, 3.05) is 44.4 Å². The number of imidazole rings is 1. The lowest BCUT2D eigenvalue weighted by Crippen LogP contribution is -2.29. The van der Waals surface area contributed by atoms with Gasteiger partial charge in [0.25, 0.3) is 0 Å². The molecule has 1 aliphatic carbocycles. The van der Waals surface area contributed by atoms with E-state index >= 15 is 0 Å². The minimum Gasteiger partial charge on any atom is -0.372 e. The molecule has 1 aliphatic rings. The van der Waals surface area contributed by atoms with Crippen LogP contribution in [0.3, 0.4) is 0 Å². The van der Waals surface area contributed by atoms with Crippen LogP contribution in [-0.2, 0) is 6.54 Å². The van der Waals surface area contributed by atoms with E-state index in [0.717, 1.165) is 47.7 Å². The summed E-state index contributed by atoms with van der Waals surface area (Å²) >= 11 is 0. The molecule has 4 rings (SSSR count). The van der Waals surface area contributed by atoms with Gasteiger partial charge in [0.2, 0.25) is 0 Å². The predicted octanol–water partition coefficient (Wildman–Crippen LogP) is 4.65. The first-order chi connectivity index (χ1) is 15.0. The van der Waals surface area contributed by atoms with Crippen molar-refractivity contribution in [2.24, 2.45) is 5.92 Å². The lowest BCUT2D eigenvalue weighted by atomic mass is 9.89. The van der Waals surface area contributed by atoms with E-state index < -0.39 is 0 Å². The van der Waals surface area contributed by atoms with Crippen LogP contribution in [0, 0.1) is 5.92 Å². The second kappa shape index (κ2) is 9.60. The molecule has 0 saturated heterocycles. The maximum Gasteiger partial charge on any atom is 0.326 e. The van der Waals surface area contributed by atoms with Gasteiger partial charge in [0.05, 0.1) is 22.4 Å². The number of benzene rings is 2. The van der Waals surface area contributed by atoms with E-state index in [-0.39, 0.29) is 5.69 Å². The summed E-state index contributed by atoms with van der Waals surface area (Å²) < 4.78 is 1.96. The van der Waals surface area contributed by atoms with E-state index in [1.54, 1.807) is 0 Å². The van der Waals surface area contributed by atoms with Crippen LogP contribution < -0.4 is 15.9 Å². The van der Waals surface area contributed by atoms with E-state index in [0.29, 0.717) is 5.92 Å². The van der Waals surface area contributed by atoms with Gasteiger partial charge in [0.15, 0.2) is 0 Å². The molecule has 3 aromatic rings. The fourth-order valence-electron chi connectivity index (χ4n) is 4.57. The predicted molar refractivity (Wildman–Crippen MR) is 131 cm³/mol. The number of fused-ring (bicyclic) bond motifs is 1. The SMILES string of the molecule is CN(C)CCN(C)c1cc2c(cc1Nc1ccccc1)[nH]c(=O)n2CC1CCCCC1. The summed E-state index contributed by atoms with van der Waals surface area (Å²) in [5.74, 6) is 0.600. The van der Waals surface area contributed by atoms with E-state index in [9.17, 15) is 4.79 Å². The maximum absolute atomic E-state index is 12.8. The van der Waals surface area contributed by atoms with Crippen LogP contribution in [-0.4, -0.2) is 48.7 Å². The molecule has 1 fully saturated rings. The van der Waals surface area contributed by atoms with Crippen LogP contribution in [0.5, 0.6) is 0 Å². The van der Waals surface area contributed by atoms with Gasteiger partial charge in [0.1, 0.15) is 0 Å². The first kappa shape index (κ1) is 21.5. The van der Waals surface area contributed by atoms with Gasteiger partial charge >= 0.3 is 5.69 Å². The number of aromatic nitrogens is 2. The largest absolute Gasteiger partial charge is 0.372 e. The van der Waals surface area contributed by atoms with Crippen molar-refractivity contribution in [3.8, 4) is 0 Å². The molecule has 0 amide bonds. The second-order valence-electron chi connectivity index (χ2n) is 9.15. The normalized spacial score (nSPS) is 15.0. The molecule has 1 aromatic heterocycles. The highest BCUT2D eigenvalue weighted by molar-refractivity contribution is 5.90. The van der Waals surface area contributed by atoms with E-state index in [1.807, 2.05) is 22.8 Å². The van der Waals surface area contributed by atoms with Crippen LogP contribution in [0.1, 0.15) is 32.1 Å². The number of nitrogens with one attached hydrogen (secondary N) is 2. The zero-order chi connectivity index (χ0) is 21.8. The molecule has 31 heavy (non-hydrogen) atoms. The van der Waals surface area contributed by atoms with E-state index in [2.05, 4.69) is 65.5 Å². The van der Waals surface area contributed by atoms with E-state index in [4.69, 9.17) is 0 Å². The van der Waals surface area contributed by atoms with Crippen LogP contribution in [0.2, 0.25) is 0 Å². The summed E-state index contributed by atoms with van der Waals surface area (Å²) in [5.41, 5.74) is 5.04. The molecule has 1 saturated carbocycles. The molecule has 166 valence electrons. The lowest BCUT2D eigenvalue weighted by molar-refractivity contribution is 0.319. The Balaban J connectivity index is 1.72. The number of aromatic amines is 1. The molecule has 1 heterocycles. The highest BCUT2D eigenvalue weighted by Gasteiger charge is 2.19. The van der Waals surface area contributed by atoms with Gasteiger partial charge < -0.3 is 20.1 Å². The average molecular weight is 422 g/mol. The minimum absolute atomic E-state index is 0.000621. The number of anilines is 3. The molecule has 0 radical (unpaired) electrons. The average Bonchev–Trinajstić information content (AvgIpc) is 3.07. The molecule has 0 aliphatic heterocycles. The highest BCUT2D eigenvalue weighted by atomic mass is 16.1.